The largest absolute Gasteiger partial charge is 0.506 e. The molecular weight excluding hydrogens is 484 g/mol. The Bertz CT molecular complexity index is 1410. The van der Waals surface area contributed by atoms with Gasteiger partial charge < -0.3 is 24.6 Å². The van der Waals surface area contributed by atoms with Crippen LogP contribution in [0.1, 0.15) is 33.8 Å². The lowest BCUT2D eigenvalue weighted by Crippen LogP contribution is -2.30. The lowest BCUT2D eigenvalue weighted by atomic mass is 10.00. The molecule has 3 heterocycles. The number of rotatable bonds is 5. The molecule has 0 radical (unpaired) electrons. The fraction of sp³-hybridized carbons (Fsp3) is 0.115. The Morgan fingerprint density at radius 2 is 1.89 bits per heavy atom. The number of aromatic hydroxyl groups is 1. The number of phenols is 1. The Morgan fingerprint density at radius 1 is 1.09 bits per heavy atom. The molecule has 0 bridgehead atoms. The molecule has 1 fully saturated rings. The zero-order valence-electron chi connectivity index (χ0n) is 18.6. The van der Waals surface area contributed by atoms with Gasteiger partial charge in [0.15, 0.2) is 5.11 Å². The summed E-state index contributed by atoms with van der Waals surface area (Å²) in [6, 6.07) is 20.8. The fourth-order valence-electron chi connectivity index (χ4n) is 4.43. The average Bonchev–Trinajstić information content (AvgIpc) is 3.49. The van der Waals surface area contributed by atoms with Gasteiger partial charge in [-0.3, -0.25) is 4.98 Å². The minimum absolute atomic E-state index is 0.0401. The average molecular weight is 505 g/mol. The summed E-state index contributed by atoms with van der Waals surface area (Å²) in [6.07, 6.45) is 3.60. The van der Waals surface area contributed by atoms with Crippen LogP contribution in [0.25, 0.3) is 5.69 Å². The van der Waals surface area contributed by atoms with Crippen molar-refractivity contribution in [2.75, 3.05) is 12.0 Å². The monoisotopic (exact) mass is 504 g/mol. The van der Waals surface area contributed by atoms with Gasteiger partial charge in [0.25, 0.3) is 0 Å². The maximum absolute atomic E-state index is 12.5. The molecule has 176 valence electrons. The number of thiocarbonyl (C=S) groups is 1. The van der Waals surface area contributed by atoms with E-state index < -0.39 is 12.0 Å². The number of carbonyl (C=O) groups is 1. The first-order chi connectivity index (χ1) is 17.0. The van der Waals surface area contributed by atoms with Gasteiger partial charge in [0.1, 0.15) is 11.8 Å². The molecule has 1 aliphatic rings. The number of esters is 1. The van der Waals surface area contributed by atoms with Crippen LogP contribution in [0.15, 0.2) is 85.2 Å². The van der Waals surface area contributed by atoms with E-state index in [0.717, 1.165) is 11.4 Å². The van der Waals surface area contributed by atoms with Crippen LogP contribution in [0.5, 0.6) is 5.75 Å². The summed E-state index contributed by atoms with van der Waals surface area (Å²) < 4.78 is 6.94. The van der Waals surface area contributed by atoms with E-state index in [1.165, 1.54) is 13.2 Å². The minimum atomic E-state index is -0.439. The van der Waals surface area contributed by atoms with Crippen LogP contribution in [-0.2, 0) is 4.74 Å². The molecule has 0 saturated carbocycles. The zero-order chi connectivity index (χ0) is 24.5. The molecule has 4 aromatic rings. The lowest BCUT2D eigenvalue weighted by Gasteiger charge is -2.29. The van der Waals surface area contributed by atoms with Gasteiger partial charge in [-0.1, -0.05) is 29.8 Å². The number of pyridine rings is 1. The molecule has 0 aliphatic carbocycles. The first-order valence-electron chi connectivity index (χ1n) is 10.8. The van der Waals surface area contributed by atoms with E-state index in [2.05, 4.69) is 10.3 Å². The third-order valence-corrected chi connectivity index (χ3v) is 6.50. The number of para-hydroxylation sites is 1. The second-order valence-corrected chi connectivity index (χ2v) is 8.76. The highest BCUT2D eigenvalue weighted by Gasteiger charge is 2.43. The maximum atomic E-state index is 12.5. The van der Waals surface area contributed by atoms with Gasteiger partial charge in [-0.25, -0.2) is 4.79 Å². The molecule has 2 N–H and O–H groups in total. The minimum Gasteiger partial charge on any atom is -0.506 e. The van der Waals surface area contributed by atoms with Crippen molar-refractivity contribution >= 4 is 40.6 Å². The molecular formula is C26H21ClN4O3S. The van der Waals surface area contributed by atoms with Crippen LogP contribution >= 0.6 is 23.8 Å². The van der Waals surface area contributed by atoms with Crippen molar-refractivity contribution in [3.63, 3.8) is 0 Å². The van der Waals surface area contributed by atoms with Gasteiger partial charge in [-0.05, 0) is 66.8 Å². The van der Waals surface area contributed by atoms with Crippen LogP contribution in [0.4, 0.5) is 5.69 Å². The SMILES string of the molecule is COC(=O)c1ccccc1-n1cccc1[C@@H]1[C@@H](c2ccccn2)NC(=S)N1c1cc(Cl)ccc1O. The Balaban J connectivity index is 1.72. The molecule has 1 aliphatic heterocycles. The van der Waals surface area contributed by atoms with Crippen molar-refractivity contribution in [3.05, 3.63) is 107 Å². The van der Waals surface area contributed by atoms with E-state index in [4.69, 9.17) is 28.6 Å². The van der Waals surface area contributed by atoms with E-state index >= 15 is 0 Å². The van der Waals surface area contributed by atoms with E-state index in [-0.39, 0.29) is 11.8 Å². The van der Waals surface area contributed by atoms with Gasteiger partial charge in [0.05, 0.1) is 35.8 Å². The number of aromatic nitrogens is 2. The summed E-state index contributed by atoms with van der Waals surface area (Å²) in [6.45, 7) is 0. The number of ether oxygens (including phenoxy) is 1. The van der Waals surface area contributed by atoms with Gasteiger partial charge in [-0.2, -0.15) is 0 Å². The maximum Gasteiger partial charge on any atom is 0.339 e. The quantitative estimate of drug-likeness (QED) is 0.286. The summed E-state index contributed by atoms with van der Waals surface area (Å²) >= 11 is 12.0. The summed E-state index contributed by atoms with van der Waals surface area (Å²) in [5.74, 6) is -0.399. The van der Waals surface area contributed by atoms with Crippen LogP contribution in [0.2, 0.25) is 5.02 Å². The number of hydrogen-bond donors (Lipinski definition) is 2. The number of benzene rings is 2. The van der Waals surface area contributed by atoms with Crippen LogP contribution < -0.4 is 10.2 Å². The predicted octanol–water partition coefficient (Wildman–Crippen LogP) is 5.20. The molecule has 5 rings (SSSR count). The highest BCUT2D eigenvalue weighted by Crippen LogP contribution is 2.45. The fourth-order valence-corrected chi connectivity index (χ4v) is 4.93. The number of nitrogens with zero attached hydrogens (tertiary/aromatic N) is 3. The number of phenolic OH excluding ortho intramolecular Hbond substituents is 1. The molecule has 1 saturated heterocycles. The molecule has 2 atom stereocenters. The molecule has 2 aromatic heterocycles. The van der Waals surface area contributed by atoms with Crippen molar-refractivity contribution in [2.24, 2.45) is 0 Å². The highest BCUT2D eigenvalue weighted by molar-refractivity contribution is 7.80. The Labute approximate surface area is 212 Å². The summed E-state index contributed by atoms with van der Waals surface area (Å²) in [4.78, 5) is 18.9. The lowest BCUT2D eigenvalue weighted by molar-refractivity contribution is 0.0600. The van der Waals surface area contributed by atoms with Crippen molar-refractivity contribution in [3.8, 4) is 11.4 Å². The molecule has 0 spiro atoms. The molecule has 35 heavy (non-hydrogen) atoms. The molecule has 0 amide bonds. The standard InChI is InChI=1S/C26H21ClN4O3S/c1-34-25(33)17-7-2-3-9-19(17)30-14-6-10-20(30)24-23(18-8-4-5-13-28-18)29-26(35)31(24)21-15-16(27)11-12-22(21)32/h2-15,23-24,32H,1H3,(H,29,35)/t23-,24-/m1/s1. The van der Waals surface area contributed by atoms with Gasteiger partial charge in [-0.15, -0.1) is 0 Å². The van der Waals surface area contributed by atoms with E-state index in [9.17, 15) is 9.90 Å². The van der Waals surface area contributed by atoms with E-state index in [1.54, 1.807) is 30.5 Å². The summed E-state index contributed by atoms with van der Waals surface area (Å²) in [5.41, 5.74) is 3.15. The van der Waals surface area contributed by atoms with Crippen LogP contribution in [0.3, 0.4) is 0 Å². The first-order valence-corrected chi connectivity index (χ1v) is 11.6. The third-order valence-electron chi connectivity index (χ3n) is 5.95. The van der Waals surface area contributed by atoms with Crippen LogP contribution in [-0.4, -0.2) is 32.8 Å². The van der Waals surface area contributed by atoms with E-state index in [1.807, 2.05) is 58.1 Å². The van der Waals surface area contributed by atoms with E-state index in [0.29, 0.717) is 27.1 Å². The number of nitrogens with one attached hydrogen (secondary N) is 1. The predicted molar refractivity (Wildman–Crippen MR) is 138 cm³/mol. The van der Waals surface area contributed by atoms with Crippen molar-refractivity contribution in [2.45, 2.75) is 12.1 Å². The second kappa shape index (κ2) is 9.40. The molecule has 7 nitrogen and oxygen atoms in total. The first kappa shape index (κ1) is 22.9. The molecule has 9 heteroatoms. The number of halogens is 1. The highest BCUT2D eigenvalue weighted by atomic mass is 35.5. The van der Waals surface area contributed by atoms with Crippen molar-refractivity contribution in [1.29, 1.82) is 0 Å². The van der Waals surface area contributed by atoms with Crippen molar-refractivity contribution < 1.29 is 14.6 Å². The molecule has 0 unspecified atom stereocenters. The van der Waals surface area contributed by atoms with Crippen LogP contribution in [0, 0.1) is 0 Å². The number of anilines is 1. The van der Waals surface area contributed by atoms with Gasteiger partial charge >= 0.3 is 5.97 Å². The van der Waals surface area contributed by atoms with Gasteiger partial charge in [0, 0.05) is 23.1 Å². The second-order valence-electron chi connectivity index (χ2n) is 7.94. The Kier molecular flexibility index (Phi) is 6.15. The normalized spacial score (nSPS) is 17.3. The molecule has 2 aromatic carbocycles. The Hall–Kier alpha value is -3.88. The topological polar surface area (TPSA) is 79.6 Å². The zero-order valence-corrected chi connectivity index (χ0v) is 20.2. The number of methoxy groups -OCH3 is 1. The summed E-state index contributed by atoms with van der Waals surface area (Å²) in [5, 5.41) is 15.0. The number of hydrogen-bond acceptors (Lipinski definition) is 5. The Morgan fingerprint density at radius 3 is 2.66 bits per heavy atom. The smallest absolute Gasteiger partial charge is 0.339 e. The number of carbonyl (C=O) groups excluding carboxylic acids is 1. The summed E-state index contributed by atoms with van der Waals surface area (Å²) in [7, 11) is 1.36. The van der Waals surface area contributed by atoms with Crippen molar-refractivity contribution in [1.82, 2.24) is 14.9 Å². The third kappa shape index (κ3) is 4.11. The van der Waals surface area contributed by atoms with Gasteiger partial charge in [0.2, 0.25) is 0 Å².